The zero-order chi connectivity index (χ0) is 12.1. The van der Waals surface area contributed by atoms with E-state index in [1.54, 1.807) is 25.1 Å². The molecule has 0 fully saturated rings. The fourth-order valence-corrected chi connectivity index (χ4v) is 1.48. The van der Waals surface area contributed by atoms with Crippen LogP contribution in [-0.2, 0) is 16.1 Å². The van der Waals surface area contributed by atoms with E-state index >= 15 is 0 Å². The number of H-pyrrole nitrogens is 1. The first-order valence-electron chi connectivity index (χ1n) is 5.41. The maximum atomic E-state index is 11.8. The summed E-state index contributed by atoms with van der Waals surface area (Å²) in [6, 6.07) is 0. The lowest BCUT2D eigenvalue weighted by Gasteiger charge is -2.20. The monoisotopic (exact) mass is 225 g/mol. The number of carbonyl (C=O) groups is 1. The average Bonchev–Trinajstić information content (AvgIpc) is 2.63. The average molecular weight is 225 g/mol. The number of imidazole rings is 1. The van der Waals surface area contributed by atoms with Gasteiger partial charge in [-0.25, -0.2) is 4.98 Å². The molecule has 0 aliphatic carbocycles. The van der Waals surface area contributed by atoms with Gasteiger partial charge in [-0.15, -0.1) is 0 Å². The van der Waals surface area contributed by atoms with Crippen LogP contribution in [0.4, 0.5) is 0 Å². The first-order chi connectivity index (χ1) is 7.54. The van der Waals surface area contributed by atoms with Gasteiger partial charge in [0.15, 0.2) is 0 Å². The molecule has 1 N–H and O–H groups in total. The van der Waals surface area contributed by atoms with E-state index in [0.29, 0.717) is 13.2 Å². The van der Waals surface area contributed by atoms with Crippen LogP contribution in [-0.4, -0.2) is 40.5 Å². The van der Waals surface area contributed by atoms with E-state index in [9.17, 15) is 4.79 Å². The standard InChI is InChI=1S/C11H19N3O2/c1-5-16-9(3)11(15)14(4)7-10-12-6-8(2)13-10/h6,9H,5,7H2,1-4H3,(H,12,13)/t9-/m0/s1. The number of carbonyl (C=O) groups excluding carboxylic acids is 1. The van der Waals surface area contributed by atoms with Crippen molar-refractivity contribution in [2.24, 2.45) is 0 Å². The molecule has 0 aromatic carbocycles. The molecule has 5 heteroatoms. The van der Waals surface area contributed by atoms with Gasteiger partial charge in [-0.3, -0.25) is 4.79 Å². The summed E-state index contributed by atoms with van der Waals surface area (Å²) in [5, 5.41) is 0. The maximum Gasteiger partial charge on any atom is 0.251 e. The minimum Gasteiger partial charge on any atom is -0.369 e. The van der Waals surface area contributed by atoms with Gasteiger partial charge in [0.2, 0.25) is 0 Å². The number of hydrogen-bond acceptors (Lipinski definition) is 3. The summed E-state index contributed by atoms with van der Waals surface area (Å²) >= 11 is 0. The van der Waals surface area contributed by atoms with Gasteiger partial charge >= 0.3 is 0 Å². The third-order valence-electron chi connectivity index (χ3n) is 2.28. The van der Waals surface area contributed by atoms with Crippen molar-refractivity contribution >= 4 is 5.91 Å². The Morgan fingerprint density at radius 1 is 1.69 bits per heavy atom. The van der Waals surface area contributed by atoms with Gasteiger partial charge in [-0.1, -0.05) is 0 Å². The van der Waals surface area contributed by atoms with Crippen LogP contribution in [0.1, 0.15) is 25.4 Å². The first kappa shape index (κ1) is 12.7. The Morgan fingerprint density at radius 2 is 2.38 bits per heavy atom. The molecule has 1 amide bonds. The molecule has 0 saturated carbocycles. The molecular formula is C11H19N3O2. The molecule has 0 spiro atoms. The first-order valence-corrected chi connectivity index (χ1v) is 5.41. The summed E-state index contributed by atoms with van der Waals surface area (Å²) in [5.74, 6) is 0.757. The van der Waals surface area contributed by atoms with Gasteiger partial charge in [0.05, 0.1) is 6.54 Å². The Balaban J connectivity index is 2.51. The molecule has 90 valence electrons. The number of likely N-dealkylation sites (N-methyl/N-ethyl adjacent to an activating group) is 1. The summed E-state index contributed by atoms with van der Waals surface area (Å²) in [6.07, 6.45) is 1.35. The van der Waals surface area contributed by atoms with E-state index in [0.717, 1.165) is 11.5 Å². The quantitative estimate of drug-likeness (QED) is 0.816. The van der Waals surface area contributed by atoms with Gasteiger partial charge in [0.1, 0.15) is 11.9 Å². The molecule has 1 aromatic heterocycles. The molecule has 1 atom stereocenters. The molecule has 0 radical (unpaired) electrons. The van der Waals surface area contributed by atoms with Crippen molar-refractivity contribution in [3.05, 3.63) is 17.7 Å². The van der Waals surface area contributed by atoms with Crippen molar-refractivity contribution in [3.8, 4) is 0 Å². The summed E-state index contributed by atoms with van der Waals surface area (Å²) < 4.78 is 5.25. The minimum absolute atomic E-state index is 0.0316. The Kier molecular flexibility index (Phi) is 4.49. The molecular weight excluding hydrogens is 206 g/mol. The number of aromatic amines is 1. The lowest BCUT2D eigenvalue weighted by Crippen LogP contribution is -2.36. The highest BCUT2D eigenvalue weighted by atomic mass is 16.5. The normalized spacial score (nSPS) is 12.5. The van der Waals surface area contributed by atoms with Crippen molar-refractivity contribution in [2.45, 2.75) is 33.4 Å². The second-order valence-corrected chi connectivity index (χ2v) is 3.80. The van der Waals surface area contributed by atoms with E-state index in [-0.39, 0.29) is 5.91 Å². The Labute approximate surface area is 95.8 Å². The van der Waals surface area contributed by atoms with Crippen molar-refractivity contribution < 1.29 is 9.53 Å². The second-order valence-electron chi connectivity index (χ2n) is 3.80. The van der Waals surface area contributed by atoms with E-state index in [4.69, 9.17) is 4.74 Å². The highest BCUT2D eigenvalue weighted by Gasteiger charge is 2.18. The molecule has 0 aliphatic rings. The van der Waals surface area contributed by atoms with Crippen LogP contribution < -0.4 is 0 Å². The zero-order valence-electron chi connectivity index (χ0n) is 10.3. The third kappa shape index (κ3) is 3.34. The topological polar surface area (TPSA) is 58.2 Å². The van der Waals surface area contributed by atoms with Gasteiger partial charge in [0.25, 0.3) is 5.91 Å². The number of amides is 1. The van der Waals surface area contributed by atoms with Crippen molar-refractivity contribution in [2.75, 3.05) is 13.7 Å². The lowest BCUT2D eigenvalue weighted by atomic mass is 10.3. The predicted molar refractivity (Wildman–Crippen MR) is 60.9 cm³/mol. The number of rotatable bonds is 5. The Bertz CT molecular complexity index is 349. The molecule has 0 bridgehead atoms. The van der Waals surface area contributed by atoms with Crippen LogP contribution in [0.25, 0.3) is 0 Å². The highest BCUT2D eigenvalue weighted by Crippen LogP contribution is 2.03. The molecule has 0 unspecified atom stereocenters. The van der Waals surface area contributed by atoms with Gasteiger partial charge in [-0.05, 0) is 20.8 Å². The smallest absolute Gasteiger partial charge is 0.251 e. The van der Waals surface area contributed by atoms with Gasteiger partial charge < -0.3 is 14.6 Å². The molecule has 0 saturated heterocycles. The lowest BCUT2D eigenvalue weighted by molar-refractivity contribution is -0.141. The molecule has 1 aromatic rings. The molecule has 1 rings (SSSR count). The van der Waals surface area contributed by atoms with E-state index < -0.39 is 6.10 Å². The molecule has 1 heterocycles. The number of aromatic nitrogens is 2. The second kappa shape index (κ2) is 5.65. The largest absolute Gasteiger partial charge is 0.369 e. The molecule has 5 nitrogen and oxygen atoms in total. The van der Waals surface area contributed by atoms with Crippen molar-refractivity contribution in [1.82, 2.24) is 14.9 Å². The number of nitrogens with zero attached hydrogens (tertiary/aromatic N) is 2. The van der Waals surface area contributed by atoms with E-state index in [2.05, 4.69) is 9.97 Å². The van der Waals surface area contributed by atoms with Crippen LogP contribution in [0, 0.1) is 6.92 Å². The Morgan fingerprint density at radius 3 is 2.88 bits per heavy atom. The number of hydrogen-bond donors (Lipinski definition) is 1. The van der Waals surface area contributed by atoms with Gasteiger partial charge in [-0.2, -0.15) is 0 Å². The minimum atomic E-state index is -0.397. The van der Waals surface area contributed by atoms with Crippen LogP contribution >= 0.6 is 0 Å². The van der Waals surface area contributed by atoms with Crippen molar-refractivity contribution in [1.29, 1.82) is 0 Å². The van der Waals surface area contributed by atoms with E-state index in [1.807, 2.05) is 13.8 Å². The van der Waals surface area contributed by atoms with E-state index in [1.165, 1.54) is 0 Å². The third-order valence-corrected chi connectivity index (χ3v) is 2.28. The van der Waals surface area contributed by atoms with Crippen LogP contribution in [0.3, 0.4) is 0 Å². The van der Waals surface area contributed by atoms with Crippen LogP contribution in [0.5, 0.6) is 0 Å². The van der Waals surface area contributed by atoms with Crippen molar-refractivity contribution in [3.63, 3.8) is 0 Å². The fourth-order valence-electron chi connectivity index (χ4n) is 1.48. The summed E-state index contributed by atoms with van der Waals surface area (Å²) in [5.41, 5.74) is 0.994. The molecule has 0 aliphatic heterocycles. The number of ether oxygens (including phenoxy) is 1. The Hall–Kier alpha value is -1.36. The van der Waals surface area contributed by atoms with Crippen LogP contribution in [0.2, 0.25) is 0 Å². The fraction of sp³-hybridized carbons (Fsp3) is 0.636. The predicted octanol–water partition coefficient (Wildman–Crippen LogP) is 1.10. The zero-order valence-corrected chi connectivity index (χ0v) is 10.3. The molecule has 16 heavy (non-hydrogen) atoms. The summed E-state index contributed by atoms with van der Waals surface area (Å²) in [6.45, 7) is 6.58. The van der Waals surface area contributed by atoms with Gasteiger partial charge in [0, 0.05) is 25.5 Å². The summed E-state index contributed by atoms with van der Waals surface area (Å²) in [4.78, 5) is 20.7. The number of nitrogens with one attached hydrogen (secondary N) is 1. The van der Waals surface area contributed by atoms with Crippen LogP contribution in [0.15, 0.2) is 6.20 Å². The maximum absolute atomic E-state index is 11.8. The summed E-state index contributed by atoms with van der Waals surface area (Å²) in [7, 11) is 1.75. The SMILES string of the molecule is CCO[C@@H](C)C(=O)N(C)Cc1ncc(C)[nH]1. The highest BCUT2D eigenvalue weighted by molar-refractivity contribution is 5.80. The number of aryl methyl sites for hydroxylation is 1.